The lowest BCUT2D eigenvalue weighted by Gasteiger charge is -2.22. The van der Waals surface area contributed by atoms with Crippen molar-refractivity contribution in [3.63, 3.8) is 0 Å². The van der Waals surface area contributed by atoms with Crippen molar-refractivity contribution in [3.8, 4) is 0 Å². The van der Waals surface area contributed by atoms with Gasteiger partial charge in [-0.3, -0.25) is 0 Å². The average Bonchev–Trinajstić information content (AvgIpc) is 3.12. The van der Waals surface area contributed by atoms with Gasteiger partial charge in [0.15, 0.2) is 0 Å². The van der Waals surface area contributed by atoms with E-state index >= 15 is 0 Å². The largest absolute Gasteiger partial charge is 0.338 e. The number of carbonyl (C=O) groups is 1. The number of amides is 2. The lowest BCUT2D eigenvalue weighted by Crippen LogP contribution is -2.44. The molecule has 1 saturated heterocycles. The molecule has 1 aromatic rings. The highest BCUT2D eigenvalue weighted by Gasteiger charge is 2.32. The maximum absolute atomic E-state index is 13.4. The number of nitrogens with zero attached hydrogens (tertiary/aromatic N) is 1. The topological polar surface area (TPSA) is 78.5 Å². The summed E-state index contributed by atoms with van der Waals surface area (Å²) in [6.45, 7) is 1.16. The molecule has 1 aliphatic carbocycles. The molecule has 2 N–H and O–H groups in total. The summed E-state index contributed by atoms with van der Waals surface area (Å²) in [7, 11) is -3.70. The van der Waals surface area contributed by atoms with E-state index in [1.807, 2.05) is 0 Å². The maximum Gasteiger partial charge on any atom is 0.315 e. The molecule has 172 valence electrons. The van der Waals surface area contributed by atoms with Gasteiger partial charge in [-0.25, -0.2) is 17.6 Å². The van der Waals surface area contributed by atoms with E-state index in [9.17, 15) is 17.6 Å². The number of rotatable bonds is 5. The molecule has 1 heterocycles. The summed E-state index contributed by atoms with van der Waals surface area (Å²) in [6.07, 6.45) is 8.79. The quantitative estimate of drug-likeness (QED) is 0.702. The Morgan fingerprint density at radius 3 is 2.40 bits per heavy atom. The highest BCUT2D eigenvalue weighted by Crippen LogP contribution is 2.24. The molecular formula is C22H38FN3O3S. The Morgan fingerprint density at radius 2 is 1.73 bits per heavy atom. The normalized spacial score (nSPS) is 20.9. The Labute approximate surface area is 181 Å². The van der Waals surface area contributed by atoms with Crippen molar-refractivity contribution in [2.45, 2.75) is 77.2 Å². The Bertz CT molecular complexity index is 765. The van der Waals surface area contributed by atoms with Crippen LogP contribution in [0.15, 0.2) is 29.2 Å². The van der Waals surface area contributed by atoms with Crippen molar-refractivity contribution in [2.24, 2.45) is 5.92 Å². The first-order valence-corrected chi connectivity index (χ1v) is 11.7. The van der Waals surface area contributed by atoms with E-state index in [0.29, 0.717) is 26.1 Å². The Hall–Kier alpha value is -1.67. The number of hydrogen-bond donors (Lipinski definition) is 2. The molecule has 0 aromatic heterocycles. The lowest BCUT2D eigenvalue weighted by atomic mass is 9.97. The third-order valence-corrected chi connectivity index (χ3v) is 7.54. The van der Waals surface area contributed by atoms with Crippen molar-refractivity contribution in [1.82, 2.24) is 14.9 Å². The number of sulfonamides is 1. The fraction of sp³-hybridized carbons (Fsp3) is 0.682. The fourth-order valence-corrected chi connectivity index (χ4v) is 5.60. The second kappa shape index (κ2) is 12.2. The van der Waals surface area contributed by atoms with Gasteiger partial charge in [0.1, 0.15) is 5.82 Å². The predicted octanol–water partition coefficient (Wildman–Crippen LogP) is 4.52. The van der Waals surface area contributed by atoms with Gasteiger partial charge >= 0.3 is 6.03 Å². The van der Waals surface area contributed by atoms with Crippen molar-refractivity contribution < 1.29 is 17.6 Å². The van der Waals surface area contributed by atoms with Crippen LogP contribution in [0.1, 0.15) is 66.2 Å². The van der Waals surface area contributed by atoms with E-state index in [4.69, 9.17) is 0 Å². The molecule has 1 aliphatic heterocycles. The molecule has 0 radical (unpaired) electrons. The van der Waals surface area contributed by atoms with E-state index in [1.165, 1.54) is 41.8 Å². The van der Waals surface area contributed by atoms with Gasteiger partial charge in [0, 0.05) is 25.7 Å². The predicted molar refractivity (Wildman–Crippen MR) is 119 cm³/mol. The standard InChI is InChI=1S/C20H30FN3O3S.2CH4/c21-17-7-6-10-19(13-17)28(26,27)24-12-11-16(15-24)14-22-20(25)23-18-8-4-2-1-3-5-9-18;;/h6-7,10,13,16,18H,1-5,8-9,11-12,14-15H2,(H2,22,23,25);2*1H4. The molecule has 6 nitrogen and oxygen atoms in total. The smallest absolute Gasteiger partial charge is 0.315 e. The summed E-state index contributed by atoms with van der Waals surface area (Å²) in [5.74, 6) is -0.504. The summed E-state index contributed by atoms with van der Waals surface area (Å²) in [4.78, 5) is 12.2. The number of halogens is 1. The first-order chi connectivity index (χ1) is 13.4. The first kappa shape index (κ1) is 26.4. The molecule has 2 amide bonds. The molecule has 0 bridgehead atoms. The van der Waals surface area contributed by atoms with Crippen molar-refractivity contribution >= 4 is 16.1 Å². The van der Waals surface area contributed by atoms with Crippen LogP contribution in [0.5, 0.6) is 0 Å². The molecule has 1 aromatic carbocycles. The van der Waals surface area contributed by atoms with Gasteiger partial charge in [0.05, 0.1) is 4.90 Å². The van der Waals surface area contributed by atoms with Gasteiger partial charge in [0.25, 0.3) is 0 Å². The van der Waals surface area contributed by atoms with Gasteiger partial charge in [-0.2, -0.15) is 4.31 Å². The fourth-order valence-electron chi connectivity index (χ4n) is 4.03. The Kier molecular flexibility index (Phi) is 10.8. The van der Waals surface area contributed by atoms with Crippen LogP contribution in [0.4, 0.5) is 9.18 Å². The number of carbonyl (C=O) groups excluding carboxylic acids is 1. The summed E-state index contributed by atoms with van der Waals surface area (Å²) in [6, 6.07) is 5.14. The number of nitrogens with one attached hydrogen (secondary N) is 2. The van der Waals surface area contributed by atoms with Crippen LogP contribution in [0.3, 0.4) is 0 Å². The maximum atomic E-state index is 13.4. The Morgan fingerprint density at radius 1 is 1.07 bits per heavy atom. The van der Waals surface area contributed by atoms with Crippen LogP contribution in [0.25, 0.3) is 0 Å². The highest BCUT2D eigenvalue weighted by atomic mass is 32.2. The van der Waals surface area contributed by atoms with E-state index in [0.717, 1.165) is 31.7 Å². The summed E-state index contributed by atoms with van der Waals surface area (Å²) in [5, 5.41) is 5.96. The summed E-state index contributed by atoms with van der Waals surface area (Å²) in [5.41, 5.74) is 0. The minimum Gasteiger partial charge on any atom is -0.338 e. The minimum atomic E-state index is -3.70. The van der Waals surface area contributed by atoms with Crippen LogP contribution < -0.4 is 10.6 Å². The van der Waals surface area contributed by atoms with Crippen molar-refractivity contribution in [1.29, 1.82) is 0 Å². The van der Waals surface area contributed by atoms with Gasteiger partial charge in [-0.15, -0.1) is 0 Å². The van der Waals surface area contributed by atoms with E-state index in [2.05, 4.69) is 10.6 Å². The molecule has 1 atom stereocenters. The lowest BCUT2D eigenvalue weighted by molar-refractivity contribution is 0.232. The van der Waals surface area contributed by atoms with Crippen molar-refractivity contribution in [2.75, 3.05) is 19.6 Å². The van der Waals surface area contributed by atoms with Gasteiger partial charge in [0.2, 0.25) is 10.0 Å². The zero-order chi connectivity index (χ0) is 20.0. The van der Waals surface area contributed by atoms with Crippen LogP contribution >= 0.6 is 0 Å². The van der Waals surface area contributed by atoms with Crippen LogP contribution in [0.2, 0.25) is 0 Å². The molecule has 30 heavy (non-hydrogen) atoms. The molecule has 1 saturated carbocycles. The average molecular weight is 444 g/mol. The van der Waals surface area contributed by atoms with E-state index in [1.54, 1.807) is 0 Å². The zero-order valence-electron chi connectivity index (χ0n) is 16.2. The SMILES string of the molecule is C.C.O=C(NCC1CCN(S(=O)(=O)c2cccc(F)c2)C1)NC1CCCCCCC1. The molecule has 2 fully saturated rings. The van der Waals surface area contributed by atoms with Gasteiger partial charge in [-0.05, 0) is 43.4 Å². The van der Waals surface area contributed by atoms with Crippen LogP contribution in [0, 0.1) is 11.7 Å². The summed E-state index contributed by atoms with van der Waals surface area (Å²) >= 11 is 0. The van der Waals surface area contributed by atoms with Crippen LogP contribution in [-0.4, -0.2) is 44.4 Å². The Balaban J connectivity index is 0.00000225. The van der Waals surface area contributed by atoms with Gasteiger partial charge in [-0.1, -0.05) is 53.0 Å². The molecule has 2 aliphatic rings. The third-order valence-electron chi connectivity index (χ3n) is 5.67. The second-order valence-electron chi connectivity index (χ2n) is 7.87. The van der Waals surface area contributed by atoms with Crippen molar-refractivity contribution in [3.05, 3.63) is 30.1 Å². The molecular weight excluding hydrogens is 405 g/mol. The van der Waals surface area contributed by atoms with E-state index in [-0.39, 0.29) is 37.7 Å². The number of urea groups is 1. The molecule has 3 rings (SSSR count). The molecule has 8 heteroatoms. The van der Waals surface area contributed by atoms with E-state index < -0.39 is 15.8 Å². The van der Waals surface area contributed by atoms with Gasteiger partial charge < -0.3 is 10.6 Å². The molecule has 0 spiro atoms. The van der Waals surface area contributed by atoms with Crippen LogP contribution in [-0.2, 0) is 10.0 Å². The first-order valence-electron chi connectivity index (χ1n) is 10.3. The number of hydrogen-bond acceptors (Lipinski definition) is 3. The monoisotopic (exact) mass is 443 g/mol. The zero-order valence-corrected chi connectivity index (χ0v) is 17.0. The third kappa shape index (κ3) is 7.23. The number of benzene rings is 1. The second-order valence-corrected chi connectivity index (χ2v) is 9.81. The highest BCUT2D eigenvalue weighted by molar-refractivity contribution is 7.89. The summed E-state index contributed by atoms with van der Waals surface area (Å²) < 4.78 is 40.1. The minimum absolute atomic E-state index is 0. The molecule has 1 unspecified atom stereocenters.